The molecular weight excluding hydrogens is 898 g/mol. The molecule has 8 aromatic rings. The highest BCUT2D eigenvalue weighted by Gasteiger charge is 2.34. The van der Waals surface area contributed by atoms with Gasteiger partial charge in [0.05, 0.1) is 45.3 Å². The number of aliphatic imine (C=N–C) groups is 1. The molecule has 0 saturated heterocycles. The number of halogens is 1. The number of nitrogens with one attached hydrogen (secondary N) is 4. The smallest absolute Gasteiger partial charge is 0.347 e. The van der Waals surface area contributed by atoms with Crippen molar-refractivity contribution < 1.29 is 17.9 Å². The van der Waals surface area contributed by atoms with Gasteiger partial charge in [-0.2, -0.15) is 9.82 Å². The number of rotatable bonds is 10. The van der Waals surface area contributed by atoms with Crippen molar-refractivity contribution in [2.45, 2.75) is 63.1 Å². The Kier molecular flexibility index (Phi) is 12.5. The zero-order valence-corrected chi connectivity index (χ0v) is 39.5. The number of aromatic amines is 1. The van der Waals surface area contributed by atoms with E-state index in [0.29, 0.717) is 44.9 Å². The topological polar surface area (TPSA) is 198 Å². The summed E-state index contributed by atoms with van der Waals surface area (Å²) in [6.07, 6.45) is 4.18. The van der Waals surface area contributed by atoms with Gasteiger partial charge in [-0.25, -0.2) is 32.7 Å². The second-order valence-corrected chi connectivity index (χ2v) is 20.1. The fraction of sp³-hybridized carbons (Fsp3) is 0.212. The first-order chi connectivity index (χ1) is 32.6. The van der Waals surface area contributed by atoms with E-state index < -0.39 is 21.6 Å². The third-order valence-electron chi connectivity index (χ3n) is 12.3. The van der Waals surface area contributed by atoms with Crippen molar-refractivity contribution in [1.82, 2.24) is 24.3 Å². The van der Waals surface area contributed by atoms with Crippen LogP contribution in [-0.4, -0.2) is 52.9 Å². The predicted octanol–water partition coefficient (Wildman–Crippen LogP) is 9.62. The zero-order chi connectivity index (χ0) is 47.8. The number of benzene rings is 5. The SMILES string of the molecule is COc1ccc(Cl)c(NC2=Nc3ccccc3NC2NS(=O)(=O)c2cccc(CC(=O)C(C)(C)C)c2)c1.NC1(c2ccc(-c3nc4ccn5c(=O)[nH]nc5c4cc3-c3ccccc3)cc2)CCC1. The Bertz CT molecular complexity index is 3400. The van der Waals surface area contributed by atoms with Crippen molar-refractivity contribution in [3.8, 4) is 28.1 Å². The van der Waals surface area contributed by atoms with Crippen LogP contribution >= 0.6 is 11.6 Å². The number of ketones is 1. The summed E-state index contributed by atoms with van der Waals surface area (Å²) in [6.45, 7) is 5.52. The molecule has 1 atom stereocenters. The lowest BCUT2D eigenvalue weighted by molar-refractivity contribution is -0.125. The van der Waals surface area contributed by atoms with Crippen molar-refractivity contribution in [1.29, 1.82) is 0 Å². The van der Waals surface area contributed by atoms with E-state index in [1.165, 1.54) is 28.5 Å². The van der Waals surface area contributed by atoms with Crippen molar-refractivity contribution in [2.75, 3.05) is 17.7 Å². The normalized spacial score (nSPS) is 15.3. The highest BCUT2D eigenvalue weighted by atomic mass is 35.5. The minimum Gasteiger partial charge on any atom is -0.497 e. The van der Waals surface area contributed by atoms with Crippen molar-refractivity contribution >= 4 is 66.9 Å². The number of carbonyl (C=O) groups excluding carboxylic acids is 1. The quantitative estimate of drug-likeness (QED) is 0.0880. The molecule has 1 saturated carbocycles. The molecule has 3 aromatic heterocycles. The number of para-hydroxylation sites is 2. The summed E-state index contributed by atoms with van der Waals surface area (Å²) < 4.78 is 36.4. The summed E-state index contributed by atoms with van der Waals surface area (Å²) in [5.74, 6) is 0.904. The van der Waals surface area contributed by atoms with Crippen LogP contribution in [0.2, 0.25) is 5.02 Å². The molecule has 346 valence electrons. The number of hydrogen-bond donors (Lipinski definition) is 5. The van der Waals surface area contributed by atoms with Gasteiger partial charge in [-0.15, -0.1) is 0 Å². The molecular formula is C52H50ClN9O5S. The van der Waals surface area contributed by atoms with Gasteiger partial charge in [-0.1, -0.05) is 111 Å². The molecule has 5 aromatic carbocycles. The Hall–Kier alpha value is -7.17. The Labute approximate surface area is 398 Å². The molecule has 10 rings (SSSR count). The summed E-state index contributed by atoms with van der Waals surface area (Å²) in [4.78, 5) is 34.2. The molecule has 4 heterocycles. The van der Waals surface area contributed by atoms with E-state index in [-0.39, 0.29) is 28.3 Å². The number of Topliss-reactive ketones (excluding diaryl/α,β-unsaturated/α-hetero) is 1. The molecule has 16 heteroatoms. The van der Waals surface area contributed by atoms with Gasteiger partial charge < -0.3 is 21.1 Å². The number of ether oxygens (including phenoxy) is 1. The lowest BCUT2D eigenvalue weighted by Gasteiger charge is -2.38. The number of H-pyrrole nitrogens is 1. The van der Waals surface area contributed by atoms with Crippen molar-refractivity contribution in [3.63, 3.8) is 0 Å². The maximum Gasteiger partial charge on any atom is 0.347 e. The van der Waals surface area contributed by atoms with Crippen LogP contribution in [0.3, 0.4) is 0 Å². The number of carbonyl (C=O) groups is 1. The zero-order valence-electron chi connectivity index (χ0n) is 37.9. The van der Waals surface area contributed by atoms with Crippen LogP contribution in [-0.2, 0) is 26.8 Å². The first-order valence-electron chi connectivity index (χ1n) is 22.1. The molecule has 1 unspecified atom stereocenters. The first-order valence-corrected chi connectivity index (χ1v) is 24.0. The molecule has 1 fully saturated rings. The minimum atomic E-state index is -4.01. The van der Waals surface area contributed by atoms with E-state index in [9.17, 15) is 18.0 Å². The van der Waals surface area contributed by atoms with Gasteiger partial charge in [0, 0.05) is 46.2 Å². The molecule has 14 nitrogen and oxygen atoms in total. The number of anilines is 2. The Morgan fingerprint density at radius 3 is 2.38 bits per heavy atom. The van der Waals surface area contributed by atoms with Crippen LogP contribution in [0, 0.1) is 5.41 Å². The molecule has 6 N–H and O–H groups in total. The van der Waals surface area contributed by atoms with Crippen LogP contribution in [0.5, 0.6) is 5.75 Å². The average Bonchev–Trinajstić information content (AvgIpc) is 3.72. The molecule has 0 spiro atoms. The predicted molar refractivity (Wildman–Crippen MR) is 269 cm³/mol. The van der Waals surface area contributed by atoms with Gasteiger partial charge in [-0.05, 0) is 84.5 Å². The van der Waals surface area contributed by atoms with Crippen LogP contribution in [0.1, 0.15) is 51.2 Å². The number of pyridine rings is 2. The third kappa shape index (κ3) is 9.51. The van der Waals surface area contributed by atoms with Gasteiger partial charge >= 0.3 is 5.69 Å². The number of amidine groups is 1. The largest absolute Gasteiger partial charge is 0.497 e. The number of aromatic nitrogens is 4. The first kappa shape index (κ1) is 46.0. The summed E-state index contributed by atoms with van der Waals surface area (Å²) in [6, 6.07) is 41.4. The summed E-state index contributed by atoms with van der Waals surface area (Å²) in [5, 5.41) is 14.3. The number of methoxy groups -OCH3 is 1. The highest BCUT2D eigenvalue weighted by Crippen LogP contribution is 2.40. The van der Waals surface area contributed by atoms with E-state index in [1.54, 1.807) is 43.6 Å². The molecule has 68 heavy (non-hydrogen) atoms. The lowest BCUT2D eigenvalue weighted by atomic mass is 9.72. The highest BCUT2D eigenvalue weighted by molar-refractivity contribution is 7.89. The fourth-order valence-electron chi connectivity index (χ4n) is 8.13. The molecule has 0 bridgehead atoms. The van der Waals surface area contributed by atoms with Crippen LogP contribution < -0.4 is 31.5 Å². The lowest BCUT2D eigenvalue weighted by Crippen LogP contribution is -2.50. The maximum atomic E-state index is 13.4. The van der Waals surface area contributed by atoms with Gasteiger partial charge in [0.2, 0.25) is 10.0 Å². The number of sulfonamides is 1. The van der Waals surface area contributed by atoms with E-state index >= 15 is 0 Å². The Morgan fingerprint density at radius 2 is 1.66 bits per heavy atom. The van der Waals surface area contributed by atoms with Crippen molar-refractivity contribution in [3.05, 3.63) is 166 Å². The number of nitrogens with zero attached hydrogens (tertiary/aromatic N) is 4. The molecule has 1 aliphatic heterocycles. The number of fused-ring (bicyclic) bond motifs is 4. The fourth-order valence-corrected chi connectivity index (χ4v) is 9.48. The van der Waals surface area contributed by atoms with E-state index in [1.807, 2.05) is 69.3 Å². The van der Waals surface area contributed by atoms with Crippen LogP contribution in [0.15, 0.2) is 154 Å². The second kappa shape index (κ2) is 18.5. The Balaban J connectivity index is 0.000000172. The summed E-state index contributed by atoms with van der Waals surface area (Å²) in [7, 11) is -2.46. The van der Waals surface area contributed by atoms with Crippen LogP contribution in [0.4, 0.5) is 17.1 Å². The minimum absolute atomic E-state index is 0.0225. The number of hydrogen-bond acceptors (Lipinski definition) is 11. The van der Waals surface area contributed by atoms with E-state index in [4.69, 9.17) is 27.1 Å². The molecule has 0 radical (unpaired) electrons. The Morgan fingerprint density at radius 1 is 0.912 bits per heavy atom. The molecule has 2 aliphatic rings. The standard InChI is InChI=1S/C27H29ClN4O4S.C25H21N5O/c1-27(2,3)24(33)15-17-8-7-9-19(14-17)37(34,35)32-26-25(29-21-10-5-6-11-22(21)30-26)31-23-16-18(36-4)12-13-20(23)28;26-25(12-4-13-25)18-9-7-17(8-10-18)22-19(16-5-2-1-3-6-16)15-20-21(27-22)11-14-30-23(20)28-29-24(30)31/h5-14,16,26,30,32H,15H2,1-4H3,(H,29,31);1-3,5-11,14-15H,4,12-13,26H2,(H,29,31). The van der Waals surface area contributed by atoms with E-state index in [2.05, 4.69) is 73.0 Å². The van der Waals surface area contributed by atoms with E-state index in [0.717, 1.165) is 46.1 Å². The second-order valence-electron chi connectivity index (χ2n) is 18.0. The van der Waals surface area contributed by atoms with Gasteiger partial charge in [-0.3, -0.25) is 4.79 Å². The van der Waals surface area contributed by atoms with Gasteiger partial charge in [0.15, 0.2) is 5.65 Å². The summed E-state index contributed by atoms with van der Waals surface area (Å²) >= 11 is 6.38. The summed E-state index contributed by atoms with van der Waals surface area (Å²) in [5.41, 5.74) is 14.5. The maximum absolute atomic E-state index is 13.4. The molecule has 0 amide bonds. The monoisotopic (exact) mass is 947 g/mol. The number of nitrogens with two attached hydrogens (primary N) is 1. The average molecular weight is 949 g/mol. The third-order valence-corrected chi connectivity index (χ3v) is 14.0. The molecule has 1 aliphatic carbocycles. The van der Waals surface area contributed by atoms with Gasteiger partial charge in [0.25, 0.3) is 0 Å². The van der Waals surface area contributed by atoms with Crippen molar-refractivity contribution in [2.24, 2.45) is 16.1 Å². The van der Waals surface area contributed by atoms with Gasteiger partial charge in [0.1, 0.15) is 23.5 Å². The van der Waals surface area contributed by atoms with Crippen LogP contribution in [0.25, 0.3) is 38.9 Å².